The van der Waals surface area contributed by atoms with Crippen molar-refractivity contribution in [3.05, 3.63) is 47.4 Å². The van der Waals surface area contributed by atoms with Gasteiger partial charge in [-0.15, -0.1) is 0 Å². The van der Waals surface area contributed by atoms with Crippen LogP contribution in [0.5, 0.6) is 5.75 Å². The number of halogens is 1. The second-order valence-corrected chi connectivity index (χ2v) is 6.89. The number of nitrogens with one attached hydrogen (secondary N) is 3. The zero-order valence-corrected chi connectivity index (χ0v) is 16.1. The van der Waals surface area contributed by atoms with Crippen LogP contribution < -0.4 is 15.4 Å². The molecule has 1 amide bonds. The molecule has 0 saturated carbocycles. The molecule has 4 aromatic rings. The number of fused-ring (bicyclic) bond motifs is 2. The van der Waals surface area contributed by atoms with Gasteiger partial charge in [0.05, 0.1) is 41.8 Å². The molecule has 0 spiro atoms. The van der Waals surface area contributed by atoms with E-state index >= 15 is 0 Å². The van der Waals surface area contributed by atoms with Crippen molar-refractivity contribution in [3.8, 4) is 17.0 Å². The number of H-pyrrole nitrogens is 1. The normalized spacial score (nSPS) is 13.2. The summed E-state index contributed by atoms with van der Waals surface area (Å²) in [5, 5.41) is 18.4. The van der Waals surface area contributed by atoms with Crippen LogP contribution in [0.3, 0.4) is 0 Å². The van der Waals surface area contributed by atoms with Crippen molar-refractivity contribution in [2.24, 2.45) is 0 Å². The van der Waals surface area contributed by atoms with Gasteiger partial charge in [-0.25, -0.2) is 0 Å². The highest BCUT2D eigenvalue weighted by atomic mass is 35.5. The number of nitrogens with zero attached hydrogens (tertiary/aromatic N) is 4. The van der Waals surface area contributed by atoms with Crippen LogP contribution in [0.4, 0.5) is 11.4 Å². The number of benzene rings is 1. The molecule has 0 unspecified atom stereocenters. The molecule has 3 aromatic heterocycles. The Hall–Kier alpha value is -3.59. The first-order valence-corrected chi connectivity index (χ1v) is 9.32. The molecule has 146 valence electrons. The molecule has 1 aromatic carbocycles. The summed E-state index contributed by atoms with van der Waals surface area (Å²) in [6, 6.07) is 7.22. The van der Waals surface area contributed by atoms with Crippen molar-refractivity contribution in [1.82, 2.24) is 30.3 Å². The number of methoxy groups -OCH3 is 1. The van der Waals surface area contributed by atoms with Gasteiger partial charge >= 0.3 is 0 Å². The fourth-order valence-corrected chi connectivity index (χ4v) is 3.77. The van der Waals surface area contributed by atoms with E-state index in [1.165, 1.54) is 0 Å². The Balaban J connectivity index is 1.74. The maximum absolute atomic E-state index is 12.7. The molecule has 0 aliphatic carbocycles. The zero-order chi connectivity index (χ0) is 20.0. The van der Waals surface area contributed by atoms with Gasteiger partial charge in [0.15, 0.2) is 5.75 Å². The topological polar surface area (TPSA) is 110 Å². The number of hydrogen-bond donors (Lipinski definition) is 3. The van der Waals surface area contributed by atoms with Gasteiger partial charge in [-0.2, -0.15) is 10.2 Å². The van der Waals surface area contributed by atoms with Crippen LogP contribution in [0.1, 0.15) is 10.5 Å². The number of amides is 1. The zero-order valence-electron chi connectivity index (χ0n) is 15.4. The van der Waals surface area contributed by atoms with E-state index in [2.05, 4.69) is 25.8 Å². The standard InChI is InChI=1S/C19H16ClN7O2/c1-29-18-11(20)3-2-4-12(18)24-16-15(26-27-8-7-22-19(28)17(16)27)10-5-6-21-13-9-23-25-14(10)13/h2-6,9,24H,7-8H2,1H3,(H,22,28)(H,23,25). The van der Waals surface area contributed by atoms with Crippen LogP contribution in [0.2, 0.25) is 5.02 Å². The number of anilines is 2. The molecular formula is C19H16ClN7O2. The van der Waals surface area contributed by atoms with Crippen LogP contribution in [0, 0.1) is 0 Å². The summed E-state index contributed by atoms with van der Waals surface area (Å²) in [6.45, 7) is 1.09. The monoisotopic (exact) mass is 409 g/mol. The Morgan fingerprint density at radius 2 is 2.21 bits per heavy atom. The Morgan fingerprint density at radius 3 is 3.07 bits per heavy atom. The van der Waals surface area contributed by atoms with Crippen LogP contribution >= 0.6 is 11.6 Å². The summed E-state index contributed by atoms with van der Waals surface area (Å²) in [5.41, 5.74) is 4.48. The summed E-state index contributed by atoms with van der Waals surface area (Å²) in [6.07, 6.45) is 3.34. The molecule has 3 N–H and O–H groups in total. The van der Waals surface area contributed by atoms with E-state index in [9.17, 15) is 4.79 Å². The lowest BCUT2D eigenvalue weighted by atomic mass is 10.1. The van der Waals surface area contributed by atoms with E-state index < -0.39 is 0 Å². The van der Waals surface area contributed by atoms with E-state index in [4.69, 9.17) is 21.4 Å². The number of aromatic amines is 1. The summed E-state index contributed by atoms with van der Waals surface area (Å²) in [4.78, 5) is 17.0. The van der Waals surface area contributed by atoms with Gasteiger partial charge in [0.2, 0.25) is 0 Å². The third-order valence-electron chi connectivity index (χ3n) is 4.81. The molecular weight excluding hydrogens is 394 g/mol. The molecule has 5 rings (SSSR count). The molecule has 0 saturated heterocycles. The number of pyridine rings is 1. The first kappa shape index (κ1) is 17.5. The predicted molar refractivity (Wildman–Crippen MR) is 109 cm³/mol. The minimum Gasteiger partial charge on any atom is -0.493 e. The third kappa shape index (κ3) is 2.78. The molecule has 0 radical (unpaired) electrons. The average Bonchev–Trinajstić information content (AvgIpc) is 3.34. The number of hydrogen-bond acceptors (Lipinski definition) is 6. The van der Waals surface area contributed by atoms with E-state index in [1.807, 2.05) is 18.2 Å². The Morgan fingerprint density at radius 1 is 1.31 bits per heavy atom. The summed E-state index contributed by atoms with van der Waals surface area (Å²) < 4.78 is 7.16. The van der Waals surface area contributed by atoms with Crippen molar-refractivity contribution >= 4 is 39.9 Å². The highest BCUT2D eigenvalue weighted by Crippen LogP contribution is 2.40. The maximum atomic E-state index is 12.7. The van der Waals surface area contributed by atoms with E-state index in [1.54, 1.807) is 30.3 Å². The molecule has 10 heteroatoms. The van der Waals surface area contributed by atoms with Crippen LogP contribution in [-0.4, -0.2) is 44.5 Å². The highest BCUT2D eigenvalue weighted by molar-refractivity contribution is 6.32. The fraction of sp³-hybridized carbons (Fsp3) is 0.158. The van der Waals surface area contributed by atoms with Gasteiger partial charge in [-0.1, -0.05) is 17.7 Å². The van der Waals surface area contributed by atoms with Gasteiger partial charge in [0.25, 0.3) is 5.91 Å². The molecule has 0 fully saturated rings. The number of carbonyl (C=O) groups is 1. The van der Waals surface area contributed by atoms with Gasteiger partial charge in [0, 0.05) is 18.3 Å². The summed E-state index contributed by atoms with van der Waals surface area (Å²) in [7, 11) is 1.55. The molecule has 0 bridgehead atoms. The Kier molecular flexibility index (Phi) is 4.09. The van der Waals surface area contributed by atoms with E-state index in [0.29, 0.717) is 52.1 Å². The fourth-order valence-electron chi connectivity index (χ4n) is 3.52. The SMILES string of the molecule is COc1c(Cl)cccc1Nc1c(-c2ccnc3cn[nH]c23)nn2c1C(=O)NCC2. The second-order valence-electron chi connectivity index (χ2n) is 6.49. The number of ether oxygens (including phenoxy) is 1. The highest BCUT2D eigenvalue weighted by Gasteiger charge is 2.29. The van der Waals surface area contributed by atoms with Crippen molar-refractivity contribution in [2.75, 3.05) is 19.0 Å². The number of para-hydroxylation sites is 1. The average molecular weight is 410 g/mol. The van der Waals surface area contributed by atoms with Gasteiger partial charge in [-0.3, -0.25) is 19.6 Å². The molecule has 1 aliphatic heterocycles. The lowest BCUT2D eigenvalue weighted by molar-refractivity contribution is 0.0925. The quantitative estimate of drug-likeness (QED) is 0.478. The summed E-state index contributed by atoms with van der Waals surface area (Å²) in [5.74, 6) is 0.283. The smallest absolute Gasteiger partial charge is 0.271 e. The van der Waals surface area contributed by atoms with Crippen LogP contribution in [0.15, 0.2) is 36.7 Å². The van der Waals surface area contributed by atoms with Crippen LogP contribution in [-0.2, 0) is 6.54 Å². The molecule has 1 aliphatic rings. The van der Waals surface area contributed by atoms with Crippen molar-refractivity contribution in [3.63, 3.8) is 0 Å². The van der Waals surface area contributed by atoms with E-state index in [0.717, 1.165) is 11.1 Å². The maximum Gasteiger partial charge on any atom is 0.271 e. The van der Waals surface area contributed by atoms with Crippen molar-refractivity contribution < 1.29 is 9.53 Å². The number of carbonyl (C=O) groups excluding carboxylic acids is 1. The largest absolute Gasteiger partial charge is 0.493 e. The van der Waals surface area contributed by atoms with Gasteiger partial charge < -0.3 is 15.4 Å². The molecule has 4 heterocycles. The molecule has 29 heavy (non-hydrogen) atoms. The van der Waals surface area contributed by atoms with Gasteiger partial charge in [0.1, 0.15) is 16.9 Å². The van der Waals surface area contributed by atoms with Crippen molar-refractivity contribution in [2.45, 2.75) is 6.54 Å². The number of aromatic nitrogens is 5. The third-order valence-corrected chi connectivity index (χ3v) is 5.10. The molecule has 0 atom stereocenters. The number of rotatable bonds is 4. The lowest BCUT2D eigenvalue weighted by Crippen LogP contribution is -2.35. The minimum atomic E-state index is -0.201. The lowest BCUT2D eigenvalue weighted by Gasteiger charge is -2.17. The first-order chi connectivity index (χ1) is 14.2. The second kappa shape index (κ2) is 6.78. The minimum absolute atomic E-state index is 0.201. The first-order valence-electron chi connectivity index (χ1n) is 8.94. The van der Waals surface area contributed by atoms with Gasteiger partial charge in [-0.05, 0) is 18.2 Å². The van der Waals surface area contributed by atoms with E-state index in [-0.39, 0.29) is 5.91 Å². The van der Waals surface area contributed by atoms with Crippen LogP contribution in [0.25, 0.3) is 22.3 Å². The van der Waals surface area contributed by atoms with Crippen molar-refractivity contribution in [1.29, 1.82) is 0 Å². The summed E-state index contributed by atoms with van der Waals surface area (Å²) >= 11 is 6.28. The Bertz CT molecular complexity index is 1250. The molecule has 9 nitrogen and oxygen atoms in total. The predicted octanol–water partition coefficient (Wildman–Crippen LogP) is 2.97. The Labute approximate surface area is 170 Å².